The van der Waals surface area contributed by atoms with Gasteiger partial charge in [0.2, 0.25) is 0 Å². The molecule has 0 aliphatic carbocycles. The normalized spacial score (nSPS) is 19.4. The van der Waals surface area contributed by atoms with E-state index < -0.39 is 6.10 Å². The number of nitrogens with zero attached hydrogens (tertiary/aromatic N) is 1. The van der Waals surface area contributed by atoms with Gasteiger partial charge >= 0.3 is 0 Å². The summed E-state index contributed by atoms with van der Waals surface area (Å²) < 4.78 is 0. The number of aliphatic hydroxyl groups is 2. The summed E-state index contributed by atoms with van der Waals surface area (Å²) in [6, 6.07) is 8.04. The summed E-state index contributed by atoms with van der Waals surface area (Å²) in [7, 11) is 0. The molecule has 3 N–H and O–H groups in total. The van der Waals surface area contributed by atoms with Gasteiger partial charge in [-0.15, -0.1) is 0 Å². The molecule has 17 heavy (non-hydrogen) atoms. The van der Waals surface area contributed by atoms with Crippen molar-refractivity contribution in [2.24, 2.45) is 0 Å². The van der Waals surface area contributed by atoms with Gasteiger partial charge in [-0.3, -0.25) is 0 Å². The van der Waals surface area contributed by atoms with Gasteiger partial charge in [-0.25, -0.2) is 0 Å². The molecule has 2 rings (SSSR count). The predicted octanol–water partition coefficient (Wildman–Crippen LogP) is 1.05. The molecule has 0 saturated heterocycles. The highest BCUT2D eigenvalue weighted by molar-refractivity contribution is 5.73. The first-order valence-corrected chi connectivity index (χ1v) is 5.93. The predicted molar refractivity (Wildman–Crippen MR) is 69.4 cm³/mol. The van der Waals surface area contributed by atoms with Crippen LogP contribution in [-0.2, 0) is 0 Å². The molecule has 1 aromatic rings. The lowest BCUT2D eigenvalue weighted by Crippen LogP contribution is -2.50. The van der Waals surface area contributed by atoms with E-state index >= 15 is 0 Å². The van der Waals surface area contributed by atoms with Crippen molar-refractivity contribution in [2.45, 2.75) is 25.5 Å². The van der Waals surface area contributed by atoms with Gasteiger partial charge in [-0.05, 0) is 26.0 Å². The molecule has 0 fully saturated rings. The highest BCUT2D eigenvalue weighted by atomic mass is 16.3. The molecular formula is C13H20N2O2. The van der Waals surface area contributed by atoms with Crippen LogP contribution in [0.4, 0.5) is 11.4 Å². The molecule has 0 aromatic heterocycles. The van der Waals surface area contributed by atoms with E-state index in [9.17, 15) is 5.11 Å². The van der Waals surface area contributed by atoms with Gasteiger partial charge < -0.3 is 20.4 Å². The largest absolute Gasteiger partial charge is 0.394 e. The smallest absolute Gasteiger partial charge is 0.0945 e. The number of fused-ring (bicyclic) bond motifs is 1. The summed E-state index contributed by atoms with van der Waals surface area (Å²) in [5.41, 5.74) is 2.12. The molecule has 1 atom stereocenters. The van der Waals surface area contributed by atoms with Crippen molar-refractivity contribution < 1.29 is 10.2 Å². The van der Waals surface area contributed by atoms with Gasteiger partial charge in [-0.1, -0.05) is 12.1 Å². The van der Waals surface area contributed by atoms with Crippen molar-refractivity contribution in [1.29, 1.82) is 0 Å². The van der Waals surface area contributed by atoms with Crippen molar-refractivity contribution in [2.75, 3.05) is 29.9 Å². The van der Waals surface area contributed by atoms with Crippen LogP contribution in [0.2, 0.25) is 0 Å². The molecule has 1 heterocycles. The van der Waals surface area contributed by atoms with E-state index in [2.05, 4.69) is 24.1 Å². The van der Waals surface area contributed by atoms with Crippen LogP contribution in [0.1, 0.15) is 13.8 Å². The Morgan fingerprint density at radius 1 is 1.41 bits per heavy atom. The number of anilines is 2. The Hall–Kier alpha value is -1.26. The minimum absolute atomic E-state index is 0.0382. The van der Waals surface area contributed by atoms with Crippen LogP contribution < -0.4 is 10.2 Å². The summed E-state index contributed by atoms with van der Waals surface area (Å²) in [6.45, 7) is 5.31. The fourth-order valence-corrected chi connectivity index (χ4v) is 2.30. The van der Waals surface area contributed by atoms with Crippen LogP contribution >= 0.6 is 0 Å². The number of benzene rings is 1. The Balaban J connectivity index is 2.26. The van der Waals surface area contributed by atoms with Crippen LogP contribution in [-0.4, -0.2) is 41.6 Å². The molecule has 0 saturated carbocycles. The lowest BCUT2D eigenvalue weighted by Gasteiger charge is -2.42. The first kappa shape index (κ1) is 12.2. The van der Waals surface area contributed by atoms with Gasteiger partial charge in [0.15, 0.2) is 0 Å². The summed E-state index contributed by atoms with van der Waals surface area (Å²) in [6.07, 6.45) is -0.697. The number of hydrogen-bond donors (Lipinski definition) is 3. The number of nitrogens with one attached hydrogen (secondary N) is 1. The summed E-state index contributed by atoms with van der Waals surface area (Å²) in [5.74, 6) is 0. The van der Waals surface area contributed by atoms with Crippen molar-refractivity contribution in [3.63, 3.8) is 0 Å². The standard InChI is InChI=1S/C13H20N2O2/c1-13(2)9-15(7-10(17)8-16)12-6-4-3-5-11(12)14-13/h3-6,10,14,16-17H,7-9H2,1-2H3. The number of β-amino-alcohol motifs (C(OH)–C–C–N with tert-alkyl or cyclic N) is 1. The molecule has 1 aliphatic heterocycles. The summed E-state index contributed by atoms with van der Waals surface area (Å²) >= 11 is 0. The van der Waals surface area contributed by atoms with Crippen LogP contribution in [0, 0.1) is 0 Å². The van der Waals surface area contributed by atoms with Crippen molar-refractivity contribution in [3.05, 3.63) is 24.3 Å². The number of aliphatic hydroxyl groups excluding tert-OH is 2. The quantitative estimate of drug-likeness (QED) is 0.734. The zero-order valence-electron chi connectivity index (χ0n) is 10.3. The van der Waals surface area contributed by atoms with Gasteiger partial charge in [0.05, 0.1) is 24.1 Å². The van der Waals surface area contributed by atoms with Crippen molar-refractivity contribution in [1.82, 2.24) is 0 Å². The second kappa shape index (κ2) is 4.55. The summed E-state index contributed by atoms with van der Waals surface area (Å²) in [5, 5.41) is 22.0. The lowest BCUT2D eigenvalue weighted by atomic mass is 9.99. The van der Waals surface area contributed by atoms with E-state index in [4.69, 9.17) is 5.11 Å². The fraction of sp³-hybridized carbons (Fsp3) is 0.538. The maximum Gasteiger partial charge on any atom is 0.0945 e. The molecule has 4 heteroatoms. The van der Waals surface area contributed by atoms with E-state index in [-0.39, 0.29) is 12.1 Å². The van der Waals surface area contributed by atoms with Crippen molar-refractivity contribution >= 4 is 11.4 Å². The lowest BCUT2D eigenvalue weighted by molar-refractivity contribution is 0.0991. The van der Waals surface area contributed by atoms with Gasteiger partial charge in [0, 0.05) is 18.6 Å². The number of rotatable bonds is 3. The highest BCUT2D eigenvalue weighted by Crippen LogP contribution is 2.33. The first-order valence-electron chi connectivity index (χ1n) is 5.93. The molecule has 1 aliphatic rings. The van der Waals surface area contributed by atoms with Crippen LogP contribution in [0.15, 0.2) is 24.3 Å². The minimum atomic E-state index is -0.697. The Morgan fingerprint density at radius 2 is 2.12 bits per heavy atom. The maximum atomic E-state index is 9.59. The Kier molecular flexibility index (Phi) is 3.26. The third kappa shape index (κ3) is 2.70. The monoisotopic (exact) mass is 236 g/mol. The topological polar surface area (TPSA) is 55.7 Å². The third-order valence-corrected chi connectivity index (χ3v) is 2.95. The second-order valence-electron chi connectivity index (χ2n) is 5.24. The molecule has 0 amide bonds. The molecular weight excluding hydrogens is 216 g/mol. The second-order valence-corrected chi connectivity index (χ2v) is 5.24. The first-order chi connectivity index (χ1) is 8.02. The van der Waals surface area contributed by atoms with E-state index in [1.807, 2.05) is 24.3 Å². The van der Waals surface area contributed by atoms with E-state index in [0.717, 1.165) is 17.9 Å². The van der Waals surface area contributed by atoms with Crippen LogP contribution in [0.3, 0.4) is 0 Å². The average Bonchev–Trinajstić information content (AvgIpc) is 2.27. The minimum Gasteiger partial charge on any atom is -0.394 e. The van der Waals surface area contributed by atoms with Crippen molar-refractivity contribution in [3.8, 4) is 0 Å². The molecule has 0 radical (unpaired) electrons. The zero-order chi connectivity index (χ0) is 12.5. The Labute approximate surface area is 102 Å². The van der Waals surface area contributed by atoms with E-state index in [1.165, 1.54) is 0 Å². The number of para-hydroxylation sites is 2. The molecule has 1 aromatic carbocycles. The summed E-state index contributed by atoms with van der Waals surface area (Å²) in [4.78, 5) is 2.12. The number of hydrogen-bond acceptors (Lipinski definition) is 4. The SMILES string of the molecule is CC1(C)CN(CC(O)CO)c2ccccc2N1. The maximum absolute atomic E-state index is 9.59. The van der Waals surface area contributed by atoms with Crippen LogP contribution in [0.5, 0.6) is 0 Å². The van der Waals surface area contributed by atoms with Crippen LogP contribution in [0.25, 0.3) is 0 Å². The van der Waals surface area contributed by atoms with Gasteiger partial charge in [-0.2, -0.15) is 0 Å². The van der Waals surface area contributed by atoms with E-state index in [0.29, 0.717) is 6.54 Å². The molecule has 0 spiro atoms. The third-order valence-electron chi connectivity index (χ3n) is 2.95. The zero-order valence-corrected chi connectivity index (χ0v) is 10.3. The molecule has 0 bridgehead atoms. The fourth-order valence-electron chi connectivity index (χ4n) is 2.30. The highest BCUT2D eigenvalue weighted by Gasteiger charge is 2.29. The molecule has 4 nitrogen and oxygen atoms in total. The Morgan fingerprint density at radius 3 is 2.82 bits per heavy atom. The molecule has 1 unspecified atom stereocenters. The van der Waals surface area contributed by atoms with Gasteiger partial charge in [0.1, 0.15) is 0 Å². The van der Waals surface area contributed by atoms with E-state index in [1.54, 1.807) is 0 Å². The molecule has 94 valence electrons. The average molecular weight is 236 g/mol. The van der Waals surface area contributed by atoms with Gasteiger partial charge in [0.25, 0.3) is 0 Å². The Bertz CT molecular complexity index is 393.